The molecular formula is C10H11N3O2S. The zero-order valence-corrected chi connectivity index (χ0v) is 9.80. The molecule has 0 spiro atoms. The fourth-order valence-electron chi connectivity index (χ4n) is 1.27. The Labute approximate surface area is 96.5 Å². The lowest BCUT2D eigenvalue weighted by molar-refractivity contribution is 0.0531. The van der Waals surface area contributed by atoms with Crippen molar-refractivity contribution in [2.24, 2.45) is 0 Å². The van der Waals surface area contributed by atoms with Crippen LogP contribution in [0.25, 0.3) is 10.7 Å². The normalized spacial score (nSPS) is 10.4. The molecule has 2 heterocycles. The number of carbonyl (C=O) groups is 1. The quantitative estimate of drug-likeness (QED) is 0.829. The number of H-pyrrole nitrogens is 1. The van der Waals surface area contributed by atoms with Crippen LogP contribution < -0.4 is 0 Å². The molecule has 0 unspecified atom stereocenters. The van der Waals surface area contributed by atoms with E-state index in [0.717, 1.165) is 10.7 Å². The highest BCUT2D eigenvalue weighted by atomic mass is 32.1. The topological polar surface area (TPSA) is 67.9 Å². The van der Waals surface area contributed by atoms with E-state index in [1.54, 1.807) is 20.0 Å². The lowest BCUT2D eigenvalue weighted by Crippen LogP contribution is -2.03. The van der Waals surface area contributed by atoms with E-state index in [1.807, 2.05) is 6.07 Å². The molecule has 0 aliphatic rings. The third kappa shape index (κ3) is 1.96. The van der Waals surface area contributed by atoms with Gasteiger partial charge >= 0.3 is 5.97 Å². The molecule has 0 aliphatic heterocycles. The molecule has 0 saturated carbocycles. The zero-order chi connectivity index (χ0) is 11.5. The van der Waals surface area contributed by atoms with Crippen molar-refractivity contribution in [1.29, 1.82) is 0 Å². The van der Waals surface area contributed by atoms with Crippen LogP contribution in [0.2, 0.25) is 0 Å². The molecule has 0 fully saturated rings. The summed E-state index contributed by atoms with van der Waals surface area (Å²) >= 11 is 1.31. The second-order valence-electron chi connectivity index (χ2n) is 3.12. The van der Waals surface area contributed by atoms with Gasteiger partial charge in [0.1, 0.15) is 9.88 Å². The van der Waals surface area contributed by atoms with E-state index in [4.69, 9.17) is 4.74 Å². The lowest BCUT2D eigenvalue weighted by atomic mass is 10.4. The zero-order valence-electron chi connectivity index (χ0n) is 8.98. The molecular weight excluding hydrogens is 226 g/mol. The minimum absolute atomic E-state index is 0.316. The van der Waals surface area contributed by atoms with Crippen molar-refractivity contribution < 1.29 is 9.53 Å². The molecule has 0 aromatic carbocycles. The molecule has 0 bridgehead atoms. The minimum atomic E-state index is -0.316. The summed E-state index contributed by atoms with van der Waals surface area (Å²) in [5.74, 6) is -0.316. The van der Waals surface area contributed by atoms with Gasteiger partial charge in [-0.2, -0.15) is 5.10 Å². The highest BCUT2D eigenvalue weighted by Crippen LogP contribution is 2.26. The summed E-state index contributed by atoms with van der Waals surface area (Å²) in [7, 11) is 0. The van der Waals surface area contributed by atoms with Crippen LogP contribution in [0.1, 0.15) is 22.3 Å². The van der Waals surface area contributed by atoms with Gasteiger partial charge < -0.3 is 4.74 Å². The number of aryl methyl sites for hydroxylation is 1. The van der Waals surface area contributed by atoms with Crippen molar-refractivity contribution in [2.45, 2.75) is 13.8 Å². The van der Waals surface area contributed by atoms with E-state index in [9.17, 15) is 4.79 Å². The van der Waals surface area contributed by atoms with Gasteiger partial charge in [0.2, 0.25) is 0 Å². The van der Waals surface area contributed by atoms with E-state index >= 15 is 0 Å². The molecule has 16 heavy (non-hydrogen) atoms. The molecule has 2 aromatic heterocycles. The Morgan fingerprint density at radius 3 is 3.06 bits per heavy atom. The van der Waals surface area contributed by atoms with E-state index in [2.05, 4.69) is 15.2 Å². The number of hydrogen-bond donors (Lipinski definition) is 1. The number of rotatable bonds is 3. The number of nitrogens with one attached hydrogen (secondary N) is 1. The van der Waals surface area contributed by atoms with E-state index in [0.29, 0.717) is 17.2 Å². The number of carbonyl (C=O) groups excluding carboxylic acids is 1. The van der Waals surface area contributed by atoms with Crippen molar-refractivity contribution in [3.8, 4) is 10.7 Å². The second-order valence-corrected chi connectivity index (χ2v) is 4.12. The summed E-state index contributed by atoms with van der Waals surface area (Å²) in [6, 6.07) is 1.81. The summed E-state index contributed by atoms with van der Waals surface area (Å²) < 4.78 is 4.95. The van der Waals surface area contributed by atoms with Crippen LogP contribution in [0.5, 0.6) is 0 Å². The number of aromatic nitrogens is 3. The molecule has 0 radical (unpaired) electrons. The van der Waals surface area contributed by atoms with Crippen LogP contribution in [0.3, 0.4) is 0 Å². The number of aromatic amines is 1. The first kappa shape index (κ1) is 10.8. The first-order valence-corrected chi connectivity index (χ1v) is 5.68. The summed E-state index contributed by atoms with van der Waals surface area (Å²) in [5, 5.41) is 7.40. The number of hydrogen-bond acceptors (Lipinski definition) is 5. The van der Waals surface area contributed by atoms with Crippen LogP contribution >= 0.6 is 11.3 Å². The Morgan fingerprint density at radius 2 is 2.44 bits per heavy atom. The monoisotopic (exact) mass is 237 g/mol. The van der Waals surface area contributed by atoms with Gasteiger partial charge in [-0.05, 0) is 19.9 Å². The van der Waals surface area contributed by atoms with Gasteiger partial charge in [-0.1, -0.05) is 0 Å². The summed E-state index contributed by atoms with van der Waals surface area (Å²) in [4.78, 5) is 16.4. The first-order chi connectivity index (χ1) is 7.72. The minimum Gasteiger partial charge on any atom is -0.462 e. The first-order valence-electron chi connectivity index (χ1n) is 4.86. The standard InChI is InChI=1S/C10H11N3O2S/c1-3-15-10(14)8-6(2)12-9(16-8)7-4-5-11-13-7/h4-5H,3H2,1-2H3,(H,11,13). The highest BCUT2D eigenvalue weighted by molar-refractivity contribution is 7.17. The van der Waals surface area contributed by atoms with Crippen LogP contribution in [-0.2, 0) is 4.74 Å². The third-order valence-electron chi connectivity index (χ3n) is 1.99. The van der Waals surface area contributed by atoms with Crippen molar-refractivity contribution in [3.63, 3.8) is 0 Å². The molecule has 0 amide bonds. The average Bonchev–Trinajstić information content (AvgIpc) is 2.86. The SMILES string of the molecule is CCOC(=O)c1sc(-c2ccn[nH]2)nc1C. The van der Waals surface area contributed by atoms with Crippen molar-refractivity contribution in [3.05, 3.63) is 22.8 Å². The molecule has 84 valence electrons. The van der Waals surface area contributed by atoms with Gasteiger partial charge in [0, 0.05) is 6.20 Å². The lowest BCUT2D eigenvalue weighted by Gasteiger charge is -1.97. The molecule has 0 aliphatic carbocycles. The van der Waals surface area contributed by atoms with Crippen LogP contribution in [0, 0.1) is 6.92 Å². The number of ether oxygens (including phenoxy) is 1. The average molecular weight is 237 g/mol. The predicted molar refractivity (Wildman–Crippen MR) is 60.4 cm³/mol. The number of esters is 1. The van der Waals surface area contributed by atoms with Crippen LogP contribution in [-0.4, -0.2) is 27.8 Å². The third-order valence-corrected chi connectivity index (χ3v) is 3.16. The van der Waals surface area contributed by atoms with Crippen molar-refractivity contribution >= 4 is 17.3 Å². The maximum Gasteiger partial charge on any atom is 0.350 e. The van der Waals surface area contributed by atoms with Gasteiger partial charge in [-0.25, -0.2) is 9.78 Å². The van der Waals surface area contributed by atoms with E-state index in [1.165, 1.54) is 11.3 Å². The molecule has 6 heteroatoms. The second kappa shape index (κ2) is 4.44. The Kier molecular flexibility index (Phi) is 3.00. The molecule has 0 saturated heterocycles. The van der Waals surface area contributed by atoms with E-state index < -0.39 is 0 Å². The molecule has 5 nitrogen and oxygen atoms in total. The Hall–Kier alpha value is -1.69. The Bertz CT molecular complexity index is 490. The fraction of sp³-hybridized carbons (Fsp3) is 0.300. The predicted octanol–water partition coefficient (Wildman–Crippen LogP) is 2.02. The number of nitrogens with zero attached hydrogens (tertiary/aromatic N) is 2. The van der Waals surface area contributed by atoms with Crippen molar-refractivity contribution in [2.75, 3.05) is 6.61 Å². The van der Waals surface area contributed by atoms with Gasteiger partial charge in [-0.3, -0.25) is 5.10 Å². The van der Waals surface area contributed by atoms with Gasteiger partial charge in [-0.15, -0.1) is 11.3 Å². The van der Waals surface area contributed by atoms with Crippen LogP contribution in [0.4, 0.5) is 0 Å². The van der Waals surface area contributed by atoms with Crippen molar-refractivity contribution in [1.82, 2.24) is 15.2 Å². The highest BCUT2D eigenvalue weighted by Gasteiger charge is 2.17. The Balaban J connectivity index is 2.32. The molecule has 2 aromatic rings. The molecule has 0 atom stereocenters. The smallest absolute Gasteiger partial charge is 0.350 e. The van der Waals surface area contributed by atoms with Gasteiger partial charge in [0.15, 0.2) is 0 Å². The van der Waals surface area contributed by atoms with Crippen LogP contribution in [0.15, 0.2) is 12.3 Å². The largest absolute Gasteiger partial charge is 0.462 e. The Morgan fingerprint density at radius 1 is 1.62 bits per heavy atom. The molecule has 2 rings (SSSR count). The summed E-state index contributed by atoms with van der Waals surface area (Å²) in [5.41, 5.74) is 1.50. The molecule has 1 N–H and O–H groups in total. The van der Waals surface area contributed by atoms with Gasteiger partial charge in [0.25, 0.3) is 0 Å². The van der Waals surface area contributed by atoms with E-state index in [-0.39, 0.29) is 5.97 Å². The summed E-state index contributed by atoms with van der Waals surface area (Å²) in [6.45, 7) is 3.95. The van der Waals surface area contributed by atoms with Gasteiger partial charge in [0.05, 0.1) is 18.0 Å². The maximum absolute atomic E-state index is 11.6. The fourth-order valence-corrected chi connectivity index (χ4v) is 2.21. The maximum atomic E-state index is 11.6. The number of thiazole rings is 1. The summed E-state index contributed by atoms with van der Waals surface area (Å²) in [6.07, 6.45) is 1.65.